The Morgan fingerprint density at radius 1 is 1.15 bits per heavy atom. The predicted molar refractivity (Wildman–Crippen MR) is 102 cm³/mol. The molecule has 0 atom stereocenters. The SMILES string of the molecule is Cn1c(NCCCCNCc2ccc(F)cc2)c(C#N)c(=N)n(C)c1=S. The van der Waals surface area contributed by atoms with E-state index >= 15 is 0 Å². The minimum atomic E-state index is -0.225. The van der Waals surface area contributed by atoms with Crippen LogP contribution in [-0.4, -0.2) is 22.2 Å². The molecule has 1 heterocycles. The number of anilines is 1. The van der Waals surface area contributed by atoms with Crippen molar-refractivity contribution in [2.75, 3.05) is 18.4 Å². The summed E-state index contributed by atoms with van der Waals surface area (Å²) < 4.78 is 16.6. The summed E-state index contributed by atoms with van der Waals surface area (Å²) in [6.07, 6.45) is 1.86. The fourth-order valence-corrected chi connectivity index (χ4v) is 2.78. The van der Waals surface area contributed by atoms with Gasteiger partial charge in [0.1, 0.15) is 28.8 Å². The zero-order valence-electron chi connectivity index (χ0n) is 15.0. The van der Waals surface area contributed by atoms with Crippen molar-refractivity contribution in [1.29, 1.82) is 10.7 Å². The Labute approximate surface area is 157 Å². The van der Waals surface area contributed by atoms with Gasteiger partial charge in [-0.25, -0.2) is 4.39 Å². The molecule has 0 aliphatic rings. The number of nitrogens with zero attached hydrogens (tertiary/aromatic N) is 3. The fraction of sp³-hybridized carbons (Fsp3) is 0.389. The smallest absolute Gasteiger partial charge is 0.182 e. The number of halogens is 1. The zero-order valence-corrected chi connectivity index (χ0v) is 15.8. The molecule has 1 aromatic carbocycles. The number of nitriles is 1. The highest BCUT2D eigenvalue weighted by Gasteiger charge is 2.10. The van der Waals surface area contributed by atoms with Crippen LogP contribution in [0.3, 0.4) is 0 Å². The monoisotopic (exact) mass is 374 g/mol. The van der Waals surface area contributed by atoms with Gasteiger partial charge in [-0.3, -0.25) is 5.41 Å². The van der Waals surface area contributed by atoms with Gasteiger partial charge < -0.3 is 19.8 Å². The second kappa shape index (κ2) is 9.27. The molecule has 0 saturated carbocycles. The van der Waals surface area contributed by atoms with Crippen LogP contribution in [0.4, 0.5) is 10.2 Å². The molecule has 0 aliphatic carbocycles. The maximum Gasteiger partial charge on any atom is 0.182 e. The quantitative estimate of drug-likeness (QED) is 0.490. The third-order valence-electron chi connectivity index (χ3n) is 4.15. The molecule has 2 aromatic rings. The summed E-state index contributed by atoms with van der Waals surface area (Å²) in [6.45, 7) is 2.23. The Balaban J connectivity index is 1.80. The van der Waals surface area contributed by atoms with E-state index in [1.54, 1.807) is 30.8 Å². The molecule has 0 aliphatic heterocycles. The molecule has 2 rings (SSSR count). The third kappa shape index (κ3) is 4.77. The van der Waals surface area contributed by atoms with Crippen LogP contribution < -0.4 is 16.1 Å². The van der Waals surface area contributed by atoms with Gasteiger partial charge in [0.25, 0.3) is 0 Å². The second-order valence-corrected chi connectivity index (χ2v) is 6.39. The van der Waals surface area contributed by atoms with E-state index in [9.17, 15) is 9.65 Å². The van der Waals surface area contributed by atoms with E-state index in [2.05, 4.69) is 16.7 Å². The molecule has 0 bridgehead atoms. The topological polar surface area (TPSA) is 81.6 Å². The van der Waals surface area contributed by atoms with Crippen LogP contribution in [0.25, 0.3) is 0 Å². The van der Waals surface area contributed by atoms with Crippen molar-refractivity contribution >= 4 is 18.0 Å². The first kappa shape index (κ1) is 19.8. The molecule has 0 spiro atoms. The van der Waals surface area contributed by atoms with Crippen molar-refractivity contribution in [3.05, 3.63) is 51.5 Å². The van der Waals surface area contributed by atoms with Crippen LogP contribution in [0.2, 0.25) is 0 Å². The molecule has 0 saturated heterocycles. The molecule has 1 aromatic heterocycles. The standard InChI is InChI=1S/C18H23FN6S/c1-24-16(21)15(11-20)17(25(2)18(24)26)23-10-4-3-9-22-12-13-5-7-14(19)8-6-13/h5-8,21-23H,3-4,9-10,12H2,1-2H3. The predicted octanol–water partition coefficient (Wildman–Crippen LogP) is 2.57. The van der Waals surface area contributed by atoms with E-state index in [1.807, 2.05) is 0 Å². The highest BCUT2D eigenvalue weighted by Crippen LogP contribution is 2.10. The Hall–Kier alpha value is -2.50. The van der Waals surface area contributed by atoms with Crippen molar-refractivity contribution in [3.8, 4) is 6.07 Å². The highest BCUT2D eigenvalue weighted by atomic mass is 32.1. The Kier molecular flexibility index (Phi) is 7.06. The summed E-state index contributed by atoms with van der Waals surface area (Å²) in [7, 11) is 3.47. The van der Waals surface area contributed by atoms with E-state index in [4.69, 9.17) is 17.6 Å². The van der Waals surface area contributed by atoms with Gasteiger partial charge in [0, 0.05) is 27.2 Å². The molecule has 138 valence electrons. The molecule has 0 radical (unpaired) electrons. The summed E-state index contributed by atoms with van der Waals surface area (Å²) in [6, 6.07) is 8.54. The maximum absolute atomic E-state index is 12.8. The van der Waals surface area contributed by atoms with Crippen LogP contribution in [0.5, 0.6) is 0 Å². The van der Waals surface area contributed by atoms with Gasteiger partial charge in [0.2, 0.25) is 0 Å². The van der Waals surface area contributed by atoms with Gasteiger partial charge in [0.15, 0.2) is 4.77 Å². The molecule has 3 N–H and O–H groups in total. The lowest BCUT2D eigenvalue weighted by Gasteiger charge is -2.16. The Morgan fingerprint density at radius 3 is 2.46 bits per heavy atom. The van der Waals surface area contributed by atoms with Crippen molar-refractivity contribution in [2.24, 2.45) is 14.1 Å². The molecule has 0 fully saturated rings. The lowest BCUT2D eigenvalue weighted by Crippen LogP contribution is -2.27. The molecule has 26 heavy (non-hydrogen) atoms. The van der Waals surface area contributed by atoms with Crippen molar-refractivity contribution < 1.29 is 4.39 Å². The first-order valence-electron chi connectivity index (χ1n) is 8.39. The van der Waals surface area contributed by atoms with E-state index in [-0.39, 0.29) is 16.9 Å². The second-order valence-electron chi connectivity index (χ2n) is 6.02. The zero-order chi connectivity index (χ0) is 19.1. The minimum absolute atomic E-state index is 0.110. The Morgan fingerprint density at radius 2 is 1.81 bits per heavy atom. The molecule has 6 nitrogen and oxygen atoms in total. The summed E-state index contributed by atoms with van der Waals surface area (Å²) in [5, 5.41) is 23.9. The van der Waals surface area contributed by atoms with Gasteiger partial charge in [-0.05, 0) is 49.3 Å². The first-order chi connectivity index (χ1) is 12.5. The van der Waals surface area contributed by atoms with E-state index in [1.165, 1.54) is 16.7 Å². The number of hydrogen-bond donors (Lipinski definition) is 3. The summed E-state index contributed by atoms with van der Waals surface area (Å²) >= 11 is 5.29. The molecular weight excluding hydrogens is 351 g/mol. The summed E-state index contributed by atoms with van der Waals surface area (Å²) in [4.78, 5) is 0. The van der Waals surface area contributed by atoms with Gasteiger partial charge in [-0.15, -0.1) is 0 Å². The first-order valence-corrected chi connectivity index (χ1v) is 8.80. The van der Waals surface area contributed by atoms with Crippen molar-refractivity contribution in [2.45, 2.75) is 19.4 Å². The van der Waals surface area contributed by atoms with Gasteiger partial charge >= 0.3 is 0 Å². The summed E-state index contributed by atoms with van der Waals surface area (Å²) in [5.74, 6) is 0.358. The molecular formula is C18H23FN6S. The van der Waals surface area contributed by atoms with Crippen molar-refractivity contribution in [1.82, 2.24) is 14.5 Å². The lowest BCUT2D eigenvalue weighted by molar-refractivity contribution is 0.618. The van der Waals surface area contributed by atoms with Crippen molar-refractivity contribution in [3.63, 3.8) is 0 Å². The van der Waals surface area contributed by atoms with Gasteiger partial charge in [-0.2, -0.15) is 5.26 Å². The molecule has 8 heteroatoms. The molecule has 0 amide bonds. The van der Waals surface area contributed by atoms with E-state index in [0.717, 1.165) is 24.9 Å². The highest BCUT2D eigenvalue weighted by molar-refractivity contribution is 7.71. The van der Waals surface area contributed by atoms with E-state index in [0.29, 0.717) is 23.7 Å². The van der Waals surface area contributed by atoms with Crippen LogP contribution in [0, 0.1) is 27.3 Å². The van der Waals surface area contributed by atoms with E-state index < -0.39 is 0 Å². The minimum Gasteiger partial charge on any atom is -0.370 e. The largest absolute Gasteiger partial charge is 0.370 e. The van der Waals surface area contributed by atoms with Crippen LogP contribution >= 0.6 is 12.2 Å². The number of rotatable bonds is 8. The normalized spacial score (nSPS) is 10.5. The average Bonchev–Trinajstić information content (AvgIpc) is 2.64. The number of aromatic nitrogens is 2. The molecule has 0 unspecified atom stereocenters. The lowest BCUT2D eigenvalue weighted by atomic mass is 10.2. The van der Waals surface area contributed by atoms with Gasteiger partial charge in [0.05, 0.1) is 0 Å². The Bertz CT molecular complexity index is 907. The van der Waals surface area contributed by atoms with Crippen LogP contribution in [-0.2, 0) is 20.6 Å². The fourth-order valence-electron chi connectivity index (χ4n) is 2.59. The third-order valence-corrected chi connectivity index (χ3v) is 4.69. The average molecular weight is 374 g/mol. The maximum atomic E-state index is 12.8. The van der Waals surface area contributed by atoms with Crippen LogP contribution in [0.1, 0.15) is 24.0 Å². The number of benzene rings is 1. The van der Waals surface area contributed by atoms with Crippen LogP contribution in [0.15, 0.2) is 24.3 Å². The van der Waals surface area contributed by atoms with Gasteiger partial charge in [-0.1, -0.05) is 12.1 Å². The number of hydrogen-bond acceptors (Lipinski definition) is 5. The number of nitrogens with one attached hydrogen (secondary N) is 3. The number of unbranched alkanes of at least 4 members (excludes halogenated alkanes) is 1. The summed E-state index contributed by atoms with van der Waals surface area (Å²) in [5.41, 5.74) is 1.45.